The summed E-state index contributed by atoms with van der Waals surface area (Å²) in [5.74, 6) is 1.56. The van der Waals surface area contributed by atoms with Crippen molar-refractivity contribution in [1.82, 2.24) is 15.2 Å². The number of rotatable bonds is 8. The number of allylic oxidation sites excluding steroid dienone is 2. The Kier molecular flexibility index (Phi) is 8.81. The average molecular weight is 534 g/mol. The lowest BCUT2D eigenvalue weighted by Crippen LogP contribution is -2.40. The van der Waals surface area contributed by atoms with E-state index in [-0.39, 0.29) is 11.8 Å². The van der Waals surface area contributed by atoms with Gasteiger partial charge in [-0.3, -0.25) is 19.8 Å². The lowest BCUT2D eigenvalue weighted by Gasteiger charge is -2.33. The van der Waals surface area contributed by atoms with Crippen LogP contribution in [0.2, 0.25) is 0 Å². The number of nitrogens with one attached hydrogen (secondary N) is 1. The van der Waals surface area contributed by atoms with Gasteiger partial charge in [0.25, 0.3) is 5.91 Å². The minimum atomic E-state index is 0.000481. The number of ether oxygens (including phenoxy) is 1. The van der Waals surface area contributed by atoms with E-state index in [2.05, 4.69) is 34.4 Å². The summed E-state index contributed by atoms with van der Waals surface area (Å²) >= 11 is 0. The monoisotopic (exact) mass is 533 g/mol. The van der Waals surface area contributed by atoms with Gasteiger partial charge in [0, 0.05) is 69.0 Å². The molecule has 5 rings (SSSR count). The van der Waals surface area contributed by atoms with Gasteiger partial charge in [0.1, 0.15) is 11.5 Å². The fourth-order valence-electron chi connectivity index (χ4n) is 5.07. The summed E-state index contributed by atoms with van der Waals surface area (Å²) in [5, 5.41) is 3.59. The zero-order valence-corrected chi connectivity index (χ0v) is 23.1. The Bertz CT molecular complexity index is 1440. The maximum atomic E-state index is 13.5. The number of para-hydroxylation sites is 2. The van der Waals surface area contributed by atoms with Crippen LogP contribution in [0.5, 0.6) is 11.5 Å². The number of aromatic nitrogens is 1. The number of carbonyl (C=O) groups excluding carboxylic acids is 1. The van der Waals surface area contributed by atoms with Crippen LogP contribution in [0, 0.1) is 5.92 Å². The molecule has 3 aromatic rings. The predicted octanol–water partition coefficient (Wildman–Crippen LogP) is 6.22. The third-order valence-electron chi connectivity index (χ3n) is 7.25. The molecular weight excluding hydrogens is 498 g/mol. The molecule has 2 aliphatic heterocycles. The molecule has 1 amide bonds. The molecule has 0 radical (unpaired) electrons. The van der Waals surface area contributed by atoms with Crippen LogP contribution in [0.25, 0.3) is 0 Å². The summed E-state index contributed by atoms with van der Waals surface area (Å²) in [6.45, 7) is 4.11. The summed E-state index contributed by atoms with van der Waals surface area (Å²) in [6.07, 6.45) is 10.2. The molecule has 1 aromatic heterocycles. The summed E-state index contributed by atoms with van der Waals surface area (Å²) < 4.78 is 6.06. The number of benzene rings is 2. The zero-order valence-electron chi connectivity index (χ0n) is 23.1. The molecule has 1 saturated heterocycles. The molecule has 0 bridgehead atoms. The number of hydrogen-bond acceptors (Lipinski definition) is 6. The van der Waals surface area contributed by atoms with E-state index in [9.17, 15) is 4.79 Å². The van der Waals surface area contributed by atoms with E-state index in [1.54, 1.807) is 13.2 Å². The number of aliphatic imine (C=N–C) groups is 2. The molecule has 0 aliphatic carbocycles. The van der Waals surface area contributed by atoms with Gasteiger partial charge in [-0.1, -0.05) is 36.4 Å². The van der Waals surface area contributed by atoms with Crippen molar-refractivity contribution in [3.63, 3.8) is 0 Å². The smallest absolute Gasteiger partial charge is 0.257 e. The van der Waals surface area contributed by atoms with Gasteiger partial charge in [0.05, 0.1) is 11.3 Å². The lowest BCUT2D eigenvalue weighted by molar-refractivity contribution is 0.0707. The summed E-state index contributed by atoms with van der Waals surface area (Å²) in [4.78, 5) is 29.0. The Morgan fingerprint density at radius 1 is 1.07 bits per heavy atom. The molecule has 7 heteroatoms. The standard InChI is InChI=1S/C33H35N5O2/c1-24(21-34-2)30-19-27(36-23-25-9-8-16-35-22-25)20-31(37-30)26-14-17-38(18-15-26)33(39)29-12-6-7-13-32(29)40-28-10-4-3-5-11-28/h3-13,16,20-22,26,36H,14-15,17-19,23H2,1-2H3/b30-24+,34-21?. The van der Waals surface area contributed by atoms with Crippen LogP contribution in [0.1, 0.15) is 42.1 Å². The van der Waals surface area contributed by atoms with Gasteiger partial charge in [0.15, 0.2) is 0 Å². The molecule has 0 saturated carbocycles. The molecule has 2 aliphatic rings. The maximum absolute atomic E-state index is 13.5. The fraction of sp³-hybridized carbons (Fsp3) is 0.273. The number of amides is 1. The SMILES string of the molecule is CN=C/C(C)=C1\CC(NCc2cccnc2)=CC(C2CCN(C(=O)c3ccccc3Oc3ccccc3)CC2)=N1. The van der Waals surface area contributed by atoms with Crippen molar-refractivity contribution in [1.29, 1.82) is 0 Å². The molecule has 7 nitrogen and oxygen atoms in total. The number of pyridine rings is 1. The molecule has 204 valence electrons. The van der Waals surface area contributed by atoms with E-state index in [1.165, 1.54) is 0 Å². The Morgan fingerprint density at radius 3 is 2.60 bits per heavy atom. The number of hydrogen-bond donors (Lipinski definition) is 1. The van der Waals surface area contributed by atoms with Gasteiger partial charge in [-0.15, -0.1) is 0 Å². The first-order valence-corrected chi connectivity index (χ1v) is 13.8. The molecule has 0 atom stereocenters. The fourth-order valence-corrected chi connectivity index (χ4v) is 5.07. The second kappa shape index (κ2) is 13.0. The first-order chi connectivity index (χ1) is 19.6. The normalized spacial score (nSPS) is 17.3. The number of dihydropyridines is 1. The van der Waals surface area contributed by atoms with Crippen molar-refractivity contribution >= 4 is 17.8 Å². The van der Waals surface area contributed by atoms with Crippen LogP contribution in [-0.2, 0) is 6.54 Å². The van der Waals surface area contributed by atoms with Gasteiger partial charge < -0.3 is 15.0 Å². The van der Waals surface area contributed by atoms with Gasteiger partial charge in [0.2, 0.25) is 0 Å². The largest absolute Gasteiger partial charge is 0.457 e. The van der Waals surface area contributed by atoms with Crippen LogP contribution >= 0.6 is 0 Å². The van der Waals surface area contributed by atoms with Crippen LogP contribution in [0.4, 0.5) is 0 Å². The molecule has 0 spiro atoms. The van der Waals surface area contributed by atoms with Gasteiger partial charge in [-0.05, 0) is 67.3 Å². The van der Waals surface area contributed by atoms with Gasteiger partial charge in [-0.25, -0.2) is 0 Å². The van der Waals surface area contributed by atoms with E-state index in [0.29, 0.717) is 36.7 Å². The molecular formula is C33H35N5O2. The second-order valence-corrected chi connectivity index (χ2v) is 10.1. The predicted molar refractivity (Wildman–Crippen MR) is 160 cm³/mol. The lowest BCUT2D eigenvalue weighted by atomic mass is 9.89. The summed E-state index contributed by atoms with van der Waals surface area (Å²) in [6, 6.07) is 21.1. The number of piperidine rings is 1. The average Bonchev–Trinajstić information content (AvgIpc) is 3.01. The Morgan fingerprint density at radius 2 is 1.85 bits per heavy atom. The topological polar surface area (TPSA) is 79.2 Å². The molecule has 3 heterocycles. The Balaban J connectivity index is 1.28. The summed E-state index contributed by atoms with van der Waals surface area (Å²) in [5.41, 5.74) is 6.02. The quantitative estimate of drug-likeness (QED) is 0.349. The number of likely N-dealkylation sites (tertiary alicyclic amines) is 1. The van der Waals surface area contributed by atoms with Crippen molar-refractivity contribution in [2.24, 2.45) is 15.9 Å². The van der Waals surface area contributed by atoms with E-state index in [1.807, 2.05) is 78.0 Å². The molecule has 0 unspecified atom stereocenters. The first kappa shape index (κ1) is 27.1. The highest BCUT2D eigenvalue weighted by atomic mass is 16.5. The molecule has 1 fully saturated rings. The highest BCUT2D eigenvalue weighted by Crippen LogP contribution is 2.30. The minimum Gasteiger partial charge on any atom is -0.457 e. The Hall–Kier alpha value is -4.52. The third kappa shape index (κ3) is 6.72. The second-order valence-electron chi connectivity index (χ2n) is 10.1. The van der Waals surface area contributed by atoms with Crippen LogP contribution in [0.3, 0.4) is 0 Å². The van der Waals surface area contributed by atoms with E-state index < -0.39 is 0 Å². The Labute approximate surface area is 236 Å². The van der Waals surface area contributed by atoms with Crippen LogP contribution in [0.15, 0.2) is 112 Å². The van der Waals surface area contributed by atoms with Gasteiger partial charge >= 0.3 is 0 Å². The number of carbonyl (C=O) groups is 1. The van der Waals surface area contributed by atoms with Gasteiger partial charge in [-0.2, -0.15) is 0 Å². The van der Waals surface area contributed by atoms with E-state index >= 15 is 0 Å². The van der Waals surface area contributed by atoms with E-state index in [0.717, 1.165) is 47.5 Å². The van der Waals surface area contributed by atoms with Crippen molar-refractivity contribution in [3.05, 3.63) is 113 Å². The highest BCUT2D eigenvalue weighted by Gasteiger charge is 2.29. The summed E-state index contributed by atoms with van der Waals surface area (Å²) in [7, 11) is 1.78. The first-order valence-electron chi connectivity index (χ1n) is 13.8. The van der Waals surface area contributed by atoms with Crippen molar-refractivity contribution in [2.45, 2.75) is 32.7 Å². The molecule has 1 N–H and O–H groups in total. The molecule has 2 aromatic carbocycles. The van der Waals surface area contributed by atoms with Crippen molar-refractivity contribution in [3.8, 4) is 11.5 Å². The zero-order chi connectivity index (χ0) is 27.7. The highest BCUT2D eigenvalue weighted by molar-refractivity contribution is 6.00. The maximum Gasteiger partial charge on any atom is 0.257 e. The number of nitrogens with zero attached hydrogens (tertiary/aromatic N) is 4. The third-order valence-corrected chi connectivity index (χ3v) is 7.25. The minimum absolute atomic E-state index is 0.000481. The van der Waals surface area contributed by atoms with Crippen LogP contribution < -0.4 is 10.1 Å². The van der Waals surface area contributed by atoms with Crippen LogP contribution in [-0.4, -0.2) is 47.9 Å². The van der Waals surface area contributed by atoms with Crippen molar-refractivity contribution < 1.29 is 9.53 Å². The van der Waals surface area contributed by atoms with Crippen molar-refractivity contribution in [2.75, 3.05) is 20.1 Å². The van der Waals surface area contributed by atoms with E-state index in [4.69, 9.17) is 9.73 Å². The molecule has 40 heavy (non-hydrogen) atoms.